The van der Waals surface area contributed by atoms with Crippen molar-refractivity contribution in [3.63, 3.8) is 0 Å². The van der Waals surface area contributed by atoms with Crippen molar-refractivity contribution >= 4 is 11.7 Å². The second kappa shape index (κ2) is 5.62. The summed E-state index contributed by atoms with van der Waals surface area (Å²) in [5, 5.41) is 0. The molecule has 98 valence electrons. The summed E-state index contributed by atoms with van der Waals surface area (Å²) >= 11 is 0. The second-order valence-corrected chi connectivity index (χ2v) is 4.19. The standard InChI is InChI=1S/C13H16FNO3/c1-8(16)11-7-10(14)5-6-12(11)18-9(2)13(17)15(3)4/h5-7,9H,1-4H3. The van der Waals surface area contributed by atoms with Crippen LogP contribution in [-0.2, 0) is 4.79 Å². The van der Waals surface area contributed by atoms with Gasteiger partial charge >= 0.3 is 0 Å². The van der Waals surface area contributed by atoms with E-state index in [4.69, 9.17) is 4.74 Å². The fraction of sp³-hybridized carbons (Fsp3) is 0.385. The summed E-state index contributed by atoms with van der Waals surface area (Å²) in [6.45, 7) is 2.90. The summed E-state index contributed by atoms with van der Waals surface area (Å²) in [5.74, 6) is -0.839. The molecule has 18 heavy (non-hydrogen) atoms. The molecular formula is C13H16FNO3. The van der Waals surface area contributed by atoms with Crippen molar-refractivity contribution in [3.05, 3.63) is 29.6 Å². The third kappa shape index (κ3) is 3.29. The van der Waals surface area contributed by atoms with Crippen LogP contribution >= 0.6 is 0 Å². The van der Waals surface area contributed by atoms with Gasteiger partial charge in [0.15, 0.2) is 11.9 Å². The molecule has 0 radical (unpaired) electrons. The summed E-state index contributed by atoms with van der Waals surface area (Å²) in [4.78, 5) is 24.4. The van der Waals surface area contributed by atoms with E-state index < -0.39 is 11.9 Å². The van der Waals surface area contributed by atoms with Gasteiger partial charge < -0.3 is 9.64 Å². The molecule has 5 heteroatoms. The molecule has 1 rings (SSSR count). The topological polar surface area (TPSA) is 46.6 Å². The highest BCUT2D eigenvalue weighted by Crippen LogP contribution is 2.21. The summed E-state index contributed by atoms with van der Waals surface area (Å²) < 4.78 is 18.5. The Kier molecular flexibility index (Phi) is 4.42. The Balaban J connectivity index is 2.97. The SMILES string of the molecule is CC(=O)c1cc(F)ccc1OC(C)C(=O)N(C)C. The molecule has 0 N–H and O–H groups in total. The van der Waals surface area contributed by atoms with Crippen LogP contribution in [0.15, 0.2) is 18.2 Å². The van der Waals surface area contributed by atoms with Gasteiger partial charge in [-0.25, -0.2) is 4.39 Å². The Morgan fingerprint density at radius 2 is 1.94 bits per heavy atom. The number of ketones is 1. The third-order valence-corrected chi connectivity index (χ3v) is 2.41. The first kappa shape index (κ1) is 14.2. The van der Waals surface area contributed by atoms with Crippen LogP contribution in [0.25, 0.3) is 0 Å². The Hall–Kier alpha value is -1.91. The quantitative estimate of drug-likeness (QED) is 0.770. The van der Waals surface area contributed by atoms with Gasteiger partial charge in [0.1, 0.15) is 11.6 Å². The molecule has 0 saturated heterocycles. The summed E-state index contributed by atoms with van der Waals surface area (Å²) in [5.41, 5.74) is 0.133. The lowest BCUT2D eigenvalue weighted by Crippen LogP contribution is -2.35. The van der Waals surface area contributed by atoms with E-state index in [1.54, 1.807) is 21.0 Å². The number of Topliss-reactive ketones (excluding diaryl/α,β-unsaturated/α-hetero) is 1. The number of carbonyl (C=O) groups is 2. The first-order valence-corrected chi connectivity index (χ1v) is 5.51. The Morgan fingerprint density at radius 3 is 2.44 bits per heavy atom. The van der Waals surface area contributed by atoms with Crippen molar-refractivity contribution in [2.75, 3.05) is 14.1 Å². The molecule has 1 atom stereocenters. The van der Waals surface area contributed by atoms with E-state index in [9.17, 15) is 14.0 Å². The van der Waals surface area contributed by atoms with Gasteiger partial charge in [-0.3, -0.25) is 9.59 Å². The predicted octanol–water partition coefficient (Wildman–Crippen LogP) is 1.88. The number of amides is 1. The molecule has 0 aliphatic rings. The average Bonchev–Trinajstić information content (AvgIpc) is 2.29. The average molecular weight is 253 g/mol. The minimum atomic E-state index is -0.733. The summed E-state index contributed by atoms with van der Waals surface area (Å²) in [7, 11) is 3.22. The van der Waals surface area contributed by atoms with Gasteiger partial charge in [-0.15, -0.1) is 0 Å². The second-order valence-electron chi connectivity index (χ2n) is 4.19. The molecule has 0 bridgehead atoms. The number of hydrogen-bond acceptors (Lipinski definition) is 3. The predicted molar refractivity (Wildman–Crippen MR) is 65.2 cm³/mol. The number of halogens is 1. The molecule has 0 aliphatic carbocycles. The largest absolute Gasteiger partial charge is 0.480 e. The third-order valence-electron chi connectivity index (χ3n) is 2.41. The van der Waals surface area contributed by atoms with E-state index in [1.165, 1.54) is 24.0 Å². The molecule has 1 aromatic rings. The zero-order valence-corrected chi connectivity index (χ0v) is 10.9. The van der Waals surface area contributed by atoms with Gasteiger partial charge in [-0.05, 0) is 32.0 Å². The zero-order chi connectivity index (χ0) is 13.9. The fourth-order valence-electron chi connectivity index (χ4n) is 1.48. The molecule has 0 spiro atoms. The number of carbonyl (C=O) groups excluding carboxylic acids is 2. The van der Waals surface area contributed by atoms with Crippen molar-refractivity contribution in [2.24, 2.45) is 0 Å². The molecule has 1 unspecified atom stereocenters. The highest BCUT2D eigenvalue weighted by Gasteiger charge is 2.19. The zero-order valence-electron chi connectivity index (χ0n) is 10.9. The lowest BCUT2D eigenvalue weighted by Gasteiger charge is -2.19. The minimum absolute atomic E-state index is 0.133. The maximum Gasteiger partial charge on any atom is 0.262 e. The van der Waals surface area contributed by atoms with Crippen molar-refractivity contribution < 1.29 is 18.7 Å². The van der Waals surface area contributed by atoms with Gasteiger partial charge in [0.2, 0.25) is 0 Å². The number of benzene rings is 1. The first-order valence-electron chi connectivity index (χ1n) is 5.51. The van der Waals surface area contributed by atoms with Crippen molar-refractivity contribution in [1.29, 1.82) is 0 Å². The molecular weight excluding hydrogens is 237 g/mol. The molecule has 0 fully saturated rings. The molecule has 0 saturated carbocycles. The van der Waals surface area contributed by atoms with Gasteiger partial charge in [-0.2, -0.15) is 0 Å². The minimum Gasteiger partial charge on any atom is -0.480 e. The Bertz CT molecular complexity index is 471. The van der Waals surface area contributed by atoms with E-state index in [-0.39, 0.29) is 23.0 Å². The first-order chi connectivity index (χ1) is 8.32. The van der Waals surface area contributed by atoms with E-state index in [0.717, 1.165) is 6.07 Å². The molecule has 0 aromatic heterocycles. The molecule has 0 heterocycles. The highest BCUT2D eigenvalue weighted by atomic mass is 19.1. The summed E-state index contributed by atoms with van der Waals surface area (Å²) in [6, 6.07) is 3.64. The molecule has 1 amide bonds. The van der Waals surface area contributed by atoms with Crippen molar-refractivity contribution in [1.82, 2.24) is 4.90 Å². The van der Waals surface area contributed by atoms with Crippen molar-refractivity contribution in [2.45, 2.75) is 20.0 Å². The number of rotatable bonds is 4. The maximum atomic E-state index is 13.0. The van der Waals surface area contributed by atoms with Crippen LogP contribution in [0.3, 0.4) is 0 Å². The smallest absolute Gasteiger partial charge is 0.262 e. The molecule has 1 aromatic carbocycles. The lowest BCUT2D eigenvalue weighted by atomic mass is 10.1. The van der Waals surface area contributed by atoms with Gasteiger partial charge in [0, 0.05) is 14.1 Å². The van der Waals surface area contributed by atoms with Gasteiger partial charge in [-0.1, -0.05) is 0 Å². The van der Waals surface area contributed by atoms with E-state index in [2.05, 4.69) is 0 Å². The van der Waals surface area contributed by atoms with Crippen LogP contribution in [0.2, 0.25) is 0 Å². The Labute approximate surface area is 105 Å². The number of ether oxygens (including phenoxy) is 1. The van der Waals surface area contributed by atoms with Crippen molar-refractivity contribution in [3.8, 4) is 5.75 Å². The van der Waals surface area contributed by atoms with E-state index in [1.807, 2.05) is 0 Å². The van der Waals surface area contributed by atoms with Crippen LogP contribution in [0, 0.1) is 5.82 Å². The molecule has 0 aliphatic heterocycles. The summed E-state index contributed by atoms with van der Waals surface area (Å²) in [6.07, 6.45) is -0.733. The highest BCUT2D eigenvalue weighted by molar-refractivity contribution is 5.97. The van der Waals surface area contributed by atoms with Crippen LogP contribution in [0.1, 0.15) is 24.2 Å². The lowest BCUT2D eigenvalue weighted by molar-refractivity contribution is -0.135. The monoisotopic (exact) mass is 253 g/mol. The van der Waals surface area contributed by atoms with Crippen LogP contribution < -0.4 is 4.74 Å². The van der Waals surface area contributed by atoms with Crippen LogP contribution in [-0.4, -0.2) is 36.8 Å². The van der Waals surface area contributed by atoms with Gasteiger partial charge in [0.05, 0.1) is 5.56 Å². The normalized spacial score (nSPS) is 11.8. The maximum absolute atomic E-state index is 13.0. The Morgan fingerprint density at radius 1 is 1.33 bits per heavy atom. The number of nitrogens with zero attached hydrogens (tertiary/aromatic N) is 1. The van der Waals surface area contributed by atoms with Crippen LogP contribution in [0.5, 0.6) is 5.75 Å². The van der Waals surface area contributed by atoms with E-state index in [0.29, 0.717) is 0 Å². The molecule has 4 nitrogen and oxygen atoms in total. The fourth-order valence-corrected chi connectivity index (χ4v) is 1.48. The number of likely N-dealkylation sites (N-methyl/N-ethyl adjacent to an activating group) is 1. The van der Waals surface area contributed by atoms with Crippen LogP contribution in [0.4, 0.5) is 4.39 Å². The number of hydrogen-bond donors (Lipinski definition) is 0. The van der Waals surface area contributed by atoms with Gasteiger partial charge in [0.25, 0.3) is 5.91 Å². The van der Waals surface area contributed by atoms with E-state index >= 15 is 0 Å².